The normalized spacial score (nSPS) is 18.2. The molecule has 2 aromatic rings. The number of nitrogens with zero attached hydrogens (tertiary/aromatic N) is 1. The van der Waals surface area contributed by atoms with Crippen molar-refractivity contribution in [1.82, 2.24) is 4.90 Å². The second kappa shape index (κ2) is 9.61. The van der Waals surface area contributed by atoms with Crippen molar-refractivity contribution in [1.29, 1.82) is 0 Å². The van der Waals surface area contributed by atoms with Crippen LogP contribution in [0.4, 0.5) is 26.7 Å². The molecule has 0 radical (unpaired) electrons. The standard InChI is InChI=1S/C20H17F5N2O3.ClH/c21-13-7-12(8-14(22)9-13)16(20(23,24)25)17(26)18(28)27-15(10-30-19(27)29)6-11-4-2-1-3-5-11;/h1-5,7-9,15-17H,6,10,26H2;1H/t15?,16?,17-;/m0./s1. The molecule has 0 spiro atoms. The SMILES string of the molecule is Cl.N[C@H](C(=O)N1C(=O)OCC1Cc1ccccc1)C(c1cc(F)cc(F)c1)C(F)(F)F. The van der Waals surface area contributed by atoms with Gasteiger partial charge in [-0.3, -0.25) is 4.79 Å². The summed E-state index contributed by atoms with van der Waals surface area (Å²) < 4.78 is 72.9. The molecule has 1 heterocycles. The molecule has 1 fully saturated rings. The molecule has 168 valence electrons. The maximum absolute atomic E-state index is 13.7. The lowest BCUT2D eigenvalue weighted by Gasteiger charge is -2.29. The second-order valence-corrected chi connectivity index (χ2v) is 6.88. The molecule has 31 heavy (non-hydrogen) atoms. The van der Waals surface area contributed by atoms with E-state index in [-0.39, 0.29) is 25.4 Å². The van der Waals surface area contributed by atoms with Crippen molar-refractivity contribution in [3.05, 3.63) is 71.3 Å². The van der Waals surface area contributed by atoms with Crippen molar-refractivity contribution in [2.24, 2.45) is 5.73 Å². The minimum absolute atomic E-state index is 0. The molecule has 1 saturated heterocycles. The Labute approximate surface area is 180 Å². The number of ether oxygens (including phenoxy) is 1. The summed E-state index contributed by atoms with van der Waals surface area (Å²) in [5.41, 5.74) is 5.49. The van der Waals surface area contributed by atoms with Crippen LogP contribution in [0.1, 0.15) is 17.0 Å². The van der Waals surface area contributed by atoms with Gasteiger partial charge in [0, 0.05) is 6.07 Å². The molecule has 1 aliphatic rings. The van der Waals surface area contributed by atoms with Gasteiger partial charge in [0.15, 0.2) is 0 Å². The maximum Gasteiger partial charge on any atom is 0.417 e. The van der Waals surface area contributed by atoms with Gasteiger partial charge in [-0.25, -0.2) is 18.5 Å². The van der Waals surface area contributed by atoms with Crippen molar-refractivity contribution in [3.63, 3.8) is 0 Å². The number of nitrogens with two attached hydrogens (primary N) is 1. The average molecular weight is 465 g/mol. The first kappa shape index (κ1) is 24.5. The highest BCUT2D eigenvalue weighted by atomic mass is 35.5. The summed E-state index contributed by atoms with van der Waals surface area (Å²) in [6.45, 7) is -0.211. The third-order valence-electron chi connectivity index (χ3n) is 4.75. The van der Waals surface area contributed by atoms with Crippen LogP contribution in [-0.2, 0) is 16.0 Å². The van der Waals surface area contributed by atoms with Crippen LogP contribution in [-0.4, -0.2) is 41.8 Å². The van der Waals surface area contributed by atoms with E-state index in [4.69, 9.17) is 10.5 Å². The zero-order chi connectivity index (χ0) is 22.1. The number of imide groups is 1. The lowest BCUT2D eigenvalue weighted by Crippen LogP contribution is -2.53. The fourth-order valence-electron chi connectivity index (χ4n) is 3.42. The fraction of sp³-hybridized carbons (Fsp3) is 0.300. The van der Waals surface area contributed by atoms with Gasteiger partial charge in [0.25, 0.3) is 0 Å². The topological polar surface area (TPSA) is 72.6 Å². The highest BCUT2D eigenvalue weighted by Gasteiger charge is 2.51. The van der Waals surface area contributed by atoms with E-state index in [0.29, 0.717) is 23.1 Å². The number of hydrogen-bond acceptors (Lipinski definition) is 4. The highest BCUT2D eigenvalue weighted by Crippen LogP contribution is 2.38. The first-order valence-corrected chi connectivity index (χ1v) is 8.90. The number of carbonyl (C=O) groups is 2. The zero-order valence-corrected chi connectivity index (χ0v) is 16.6. The van der Waals surface area contributed by atoms with Crippen molar-refractivity contribution in [3.8, 4) is 0 Å². The Bertz CT molecular complexity index is 922. The molecule has 2 aromatic carbocycles. The van der Waals surface area contributed by atoms with Crippen molar-refractivity contribution < 1.29 is 36.3 Å². The molecule has 0 bridgehead atoms. The molecule has 5 nitrogen and oxygen atoms in total. The van der Waals surface area contributed by atoms with Gasteiger partial charge in [0.1, 0.15) is 30.2 Å². The first-order chi connectivity index (χ1) is 14.1. The number of cyclic esters (lactones) is 1. The Morgan fingerprint density at radius 3 is 2.26 bits per heavy atom. The Hall–Kier alpha value is -2.72. The molecule has 0 aromatic heterocycles. The average Bonchev–Trinajstić information content (AvgIpc) is 3.00. The third-order valence-corrected chi connectivity index (χ3v) is 4.75. The zero-order valence-electron chi connectivity index (χ0n) is 15.8. The van der Waals surface area contributed by atoms with Crippen LogP contribution in [0.2, 0.25) is 0 Å². The van der Waals surface area contributed by atoms with Gasteiger partial charge in [0.2, 0.25) is 5.91 Å². The predicted molar refractivity (Wildman–Crippen MR) is 103 cm³/mol. The summed E-state index contributed by atoms with van der Waals surface area (Å²) in [7, 11) is 0. The van der Waals surface area contributed by atoms with E-state index in [0.717, 1.165) is 5.56 Å². The Morgan fingerprint density at radius 1 is 1.13 bits per heavy atom. The molecule has 2 N–H and O–H groups in total. The quantitative estimate of drug-likeness (QED) is 0.680. The van der Waals surface area contributed by atoms with Gasteiger partial charge >= 0.3 is 12.3 Å². The lowest BCUT2D eigenvalue weighted by molar-refractivity contribution is -0.163. The summed E-state index contributed by atoms with van der Waals surface area (Å²) in [5.74, 6) is -6.56. The van der Waals surface area contributed by atoms with Gasteiger partial charge in [0.05, 0.1) is 6.04 Å². The van der Waals surface area contributed by atoms with Crippen LogP contribution in [0.5, 0.6) is 0 Å². The molecular formula is C20H18ClF5N2O3. The number of benzene rings is 2. The van der Waals surface area contributed by atoms with Gasteiger partial charge in [-0.2, -0.15) is 13.2 Å². The van der Waals surface area contributed by atoms with Gasteiger partial charge in [-0.1, -0.05) is 30.3 Å². The summed E-state index contributed by atoms with van der Waals surface area (Å²) in [6, 6.07) is 6.79. The molecule has 3 rings (SSSR count). The van der Waals surface area contributed by atoms with E-state index >= 15 is 0 Å². The molecule has 1 aliphatic heterocycles. The van der Waals surface area contributed by atoms with Gasteiger partial charge < -0.3 is 10.5 Å². The molecule has 2 amide bonds. The monoisotopic (exact) mass is 464 g/mol. The fourth-order valence-corrected chi connectivity index (χ4v) is 3.42. The first-order valence-electron chi connectivity index (χ1n) is 8.90. The smallest absolute Gasteiger partial charge is 0.417 e. The van der Waals surface area contributed by atoms with Crippen LogP contribution in [0.3, 0.4) is 0 Å². The van der Waals surface area contributed by atoms with E-state index in [2.05, 4.69) is 0 Å². The highest BCUT2D eigenvalue weighted by molar-refractivity contribution is 5.97. The third kappa shape index (κ3) is 5.50. The summed E-state index contributed by atoms with van der Waals surface area (Å²) in [5, 5.41) is 0. The van der Waals surface area contributed by atoms with Crippen LogP contribution < -0.4 is 5.73 Å². The van der Waals surface area contributed by atoms with Crippen LogP contribution in [0, 0.1) is 11.6 Å². The number of rotatable bonds is 5. The van der Waals surface area contributed by atoms with Crippen molar-refractivity contribution in [2.75, 3.05) is 6.61 Å². The lowest BCUT2D eigenvalue weighted by atomic mass is 9.89. The van der Waals surface area contributed by atoms with Crippen LogP contribution in [0.25, 0.3) is 0 Å². The minimum atomic E-state index is -5.10. The van der Waals surface area contributed by atoms with Gasteiger partial charge in [-0.15, -0.1) is 12.4 Å². The summed E-state index contributed by atoms with van der Waals surface area (Å²) >= 11 is 0. The minimum Gasteiger partial charge on any atom is -0.447 e. The van der Waals surface area contributed by atoms with E-state index < -0.39 is 53.4 Å². The number of carbonyl (C=O) groups excluding carboxylic acids is 2. The van der Waals surface area contributed by atoms with Crippen molar-refractivity contribution in [2.45, 2.75) is 30.6 Å². The molecule has 2 unspecified atom stereocenters. The molecule has 11 heteroatoms. The van der Waals surface area contributed by atoms with E-state index in [1.807, 2.05) is 0 Å². The largest absolute Gasteiger partial charge is 0.447 e. The summed E-state index contributed by atoms with van der Waals surface area (Å²) in [6.07, 6.45) is -6.08. The molecule has 3 atom stereocenters. The maximum atomic E-state index is 13.7. The summed E-state index contributed by atoms with van der Waals surface area (Å²) in [4.78, 5) is 25.4. The Morgan fingerprint density at radius 2 is 1.71 bits per heavy atom. The predicted octanol–water partition coefficient (Wildman–Crippen LogP) is 3.95. The van der Waals surface area contributed by atoms with Crippen LogP contribution in [0.15, 0.2) is 48.5 Å². The number of alkyl halides is 3. The van der Waals surface area contributed by atoms with E-state index in [9.17, 15) is 31.5 Å². The molecular weight excluding hydrogens is 447 g/mol. The number of halogens is 6. The van der Waals surface area contributed by atoms with Crippen molar-refractivity contribution >= 4 is 24.4 Å². The van der Waals surface area contributed by atoms with Gasteiger partial charge in [-0.05, 0) is 29.7 Å². The van der Waals surface area contributed by atoms with Crippen LogP contribution >= 0.6 is 12.4 Å². The molecule has 0 saturated carbocycles. The van der Waals surface area contributed by atoms with E-state index in [1.54, 1.807) is 30.3 Å². The molecule has 0 aliphatic carbocycles. The Kier molecular flexibility index (Phi) is 7.61. The second-order valence-electron chi connectivity index (χ2n) is 6.88. The number of amides is 2. The Balaban J connectivity index is 0.00000341. The number of hydrogen-bond donors (Lipinski definition) is 1. The van der Waals surface area contributed by atoms with E-state index in [1.165, 1.54) is 0 Å².